The van der Waals surface area contributed by atoms with Crippen molar-refractivity contribution in [2.24, 2.45) is 0 Å². The number of imidazole rings is 1. The van der Waals surface area contributed by atoms with Crippen LogP contribution in [0.25, 0.3) is 0 Å². The fourth-order valence-electron chi connectivity index (χ4n) is 1.54. The first-order valence-corrected chi connectivity index (χ1v) is 6.12. The smallest absolute Gasteiger partial charge is 0.354 e. The molecule has 2 aromatic rings. The van der Waals surface area contributed by atoms with E-state index < -0.39 is 11.9 Å². The highest BCUT2D eigenvalue weighted by molar-refractivity contribution is 9.10. The zero-order chi connectivity index (χ0) is 14.0. The average molecular weight is 324 g/mol. The van der Waals surface area contributed by atoms with E-state index in [1.807, 2.05) is 19.1 Å². The number of carbonyl (C=O) groups is 2. The number of aromatic carboxylic acids is 1. The second-order valence-corrected chi connectivity index (χ2v) is 4.76. The van der Waals surface area contributed by atoms with Crippen molar-refractivity contribution in [1.82, 2.24) is 9.97 Å². The number of benzene rings is 1. The Hall–Kier alpha value is -2.15. The van der Waals surface area contributed by atoms with Gasteiger partial charge in [-0.25, -0.2) is 9.78 Å². The molecule has 0 atom stereocenters. The molecule has 98 valence electrons. The number of aromatic amines is 1. The van der Waals surface area contributed by atoms with Crippen LogP contribution in [-0.2, 0) is 0 Å². The number of aryl methyl sites for hydroxylation is 1. The highest BCUT2D eigenvalue weighted by Crippen LogP contribution is 2.21. The van der Waals surface area contributed by atoms with Crippen molar-refractivity contribution in [1.29, 1.82) is 0 Å². The number of halogens is 1. The van der Waals surface area contributed by atoms with Gasteiger partial charge in [0.25, 0.3) is 5.91 Å². The van der Waals surface area contributed by atoms with Crippen molar-refractivity contribution in [3.05, 3.63) is 46.0 Å². The summed E-state index contributed by atoms with van der Waals surface area (Å²) in [5.41, 5.74) is 1.08. The van der Waals surface area contributed by atoms with Gasteiger partial charge in [-0.05, 0) is 24.6 Å². The van der Waals surface area contributed by atoms with Gasteiger partial charge < -0.3 is 15.4 Å². The maximum absolute atomic E-state index is 12.0. The number of nitrogens with zero attached hydrogens (tertiary/aromatic N) is 1. The van der Waals surface area contributed by atoms with Crippen LogP contribution < -0.4 is 5.32 Å². The highest BCUT2D eigenvalue weighted by atomic mass is 79.9. The van der Waals surface area contributed by atoms with Gasteiger partial charge in [-0.2, -0.15) is 0 Å². The molecule has 0 aliphatic rings. The van der Waals surface area contributed by atoms with Gasteiger partial charge in [-0.3, -0.25) is 4.79 Å². The van der Waals surface area contributed by atoms with E-state index in [1.165, 1.54) is 6.33 Å². The van der Waals surface area contributed by atoms with Crippen LogP contribution in [0.15, 0.2) is 29.0 Å². The second-order valence-electron chi connectivity index (χ2n) is 3.84. The largest absolute Gasteiger partial charge is 0.477 e. The fraction of sp³-hybridized carbons (Fsp3) is 0.0833. The van der Waals surface area contributed by atoms with Crippen molar-refractivity contribution in [3.63, 3.8) is 0 Å². The van der Waals surface area contributed by atoms with E-state index in [4.69, 9.17) is 5.11 Å². The van der Waals surface area contributed by atoms with Crippen LogP contribution in [0.3, 0.4) is 0 Å². The number of hydrogen-bond donors (Lipinski definition) is 3. The van der Waals surface area contributed by atoms with Crippen LogP contribution in [0.1, 0.15) is 26.5 Å². The van der Waals surface area contributed by atoms with E-state index >= 15 is 0 Å². The maximum atomic E-state index is 12.0. The molecule has 0 aliphatic heterocycles. The predicted octanol–water partition coefficient (Wildman–Crippen LogP) is 2.43. The summed E-state index contributed by atoms with van der Waals surface area (Å²) in [5, 5.41) is 11.5. The van der Waals surface area contributed by atoms with E-state index in [0.29, 0.717) is 5.69 Å². The molecule has 19 heavy (non-hydrogen) atoms. The van der Waals surface area contributed by atoms with Crippen molar-refractivity contribution >= 4 is 33.5 Å². The summed E-state index contributed by atoms with van der Waals surface area (Å²) < 4.78 is 0.814. The molecule has 1 amide bonds. The van der Waals surface area contributed by atoms with Crippen LogP contribution in [0.2, 0.25) is 0 Å². The van der Waals surface area contributed by atoms with Gasteiger partial charge >= 0.3 is 5.97 Å². The molecular weight excluding hydrogens is 314 g/mol. The molecule has 2 rings (SSSR count). The molecule has 0 fully saturated rings. The molecular formula is C12H10BrN3O3. The maximum Gasteiger partial charge on any atom is 0.354 e. The Morgan fingerprint density at radius 3 is 2.84 bits per heavy atom. The zero-order valence-electron chi connectivity index (χ0n) is 9.90. The van der Waals surface area contributed by atoms with Crippen molar-refractivity contribution in [3.8, 4) is 0 Å². The number of carboxylic acid groups (broad SMARTS) is 1. The fourth-order valence-corrected chi connectivity index (χ4v) is 1.90. The molecule has 0 aliphatic carbocycles. The van der Waals surface area contributed by atoms with Gasteiger partial charge in [0, 0.05) is 10.2 Å². The number of H-pyrrole nitrogens is 1. The van der Waals surface area contributed by atoms with Gasteiger partial charge in [0.1, 0.15) is 0 Å². The molecule has 0 radical (unpaired) electrons. The molecule has 0 saturated carbocycles. The van der Waals surface area contributed by atoms with Crippen molar-refractivity contribution < 1.29 is 14.7 Å². The van der Waals surface area contributed by atoms with Gasteiger partial charge in [0.15, 0.2) is 11.4 Å². The summed E-state index contributed by atoms with van der Waals surface area (Å²) in [6.07, 6.45) is 1.17. The second kappa shape index (κ2) is 5.23. The normalized spacial score (nSPS) is 10.2. The number of anilines is 1. The minimum Gasteiger partial charge on any atom is -0.477 e. The van der Waals surface area contributed by atoms with Crippen molar-refractivity contribution in [2.75, 3.05) is 5.32 Å². The lowest BCUT2D eigenvalue weighted by Crippen LogP contribution is -2.17. The van der Waals surface area contributed by atoms with Gasteiger partial charge in [0.2, 0.25) is 0 Å². The minimum absolute atomic E-state index is 0.146. The van der Waals surface area contributed by atoms with E-state index in [2.05, 4.69) is 31.2 Å². The number of carbonyl (C=O) groups excluding carboxylic acids is 1. The van der Waals surface area contributed by atoms with E-state index in [0.717, 1.165) is 10.0 Å². The Bertz CT molecular complexity index is 651. The monoisotopic (exact) mass is 323 g/mol. The molecule has 3 N–H and O–H groups in total. The summed E-state index contributed by atoms with van der Waals surface area (Å²) in [7, 11) is 0. The van der Waals surface area contributed by atoms with Crippen LogP contribution in [-0.4, -0.2) is 27.0 Å². The molecule has 1 heterocycles. The topological polar surface area (TPSA) is 95.1 Å². The number of aromatic nitrogens is 2. The Labute approximate surface area is 117 Å². The Morgan fingerprint density at radius 1 is 1.42 bits per heavy atom. The quantitative estimate of drug-likeness (QED) is 0.808. The third kappa shape index (κ3) is 2.82. The van der Waals surface area contributed by atoms with Crippen LogP contribution in [0, 0.1) is 6.92 Å². The summed E-state index contributed by atoms with van der Waals surface area (Å²) in [4.78, 5) is 29.0. The van der Waals surface area contributed by atoms with E-state index in [-0.39, 0.29) is 11.4 Å². The SMILES string of the molecule is Cc1ccc(Br)cc1NC(=O)c1nc[nH]c1C(=O)O. The first-order valence-electron chi connectivity index (χ1n) is 5.33. The third-order valence-electron chi connectivity index (χ3n) is 2.52. The Kier molecular flexibility index (Phi) is 3.66. The minimum atomic E-state index is -1.23. The summed E-state index contributed by atoms with van der Waals surface area (Å²) in [5.74, 6) is -1.80. The highest BCUT2D eigenvalue weighted by Gasteiger charge is 2.20. The predicted molar refractivity (Wildman–Crippen MR) is 72.4 cm³/mol. The van der Waals surface area contributed by atoms with Crippen LogP contribution in [0.5, 0.6) is 0 Å². The number of nitrogens with one attached hydrogen (secondary N) is 2. The number of carboxylic acids is 1. The molecule has 0 bridgehead atoms. The standard InChI is InChI=1S/C12H10BrN3O3/c1-6-2-3-7(13)4-8(6)16-11(17)9-10(12(18)19)15-5-14-9/h2-5H,1H3,(H,14,15)(H,16,17)(H,18,19). The molecule has 0 spiro atoms. The first kappa shape index (κ1) is 13.3. The van der Waals surface area contributed by atoms with Gasteiger partial charge in [0.05, 0.1) is 6.33 Å². The number of amides is 1. The molecule has 1 aromatic heterocycles. The van der Waals surface area contributed by atoms with Gasteiger partial charge in [-0.1, -0.05) is 22.0 Å². The molecule has 1 aromatic carbocycles. The lowest BCUT2D eigenvalue weighted by Gasteiger charge is -2.08. The number of rotatable bonds is 3. The third-order valence-corrected chi connectivity index (χ3v) is 3.01. The number of hydrogen-bond acceptors (Lipinski definition) is 3. The lowest BCUT2D eigenvalue weighted by atomic mass is 10.2. The molecule has 0 unspecified atom stereocenters. The van der Waals surface area contributed by atoms with Crippen LogP contribution >= 0.6 is 15.9 Å². The first-order chi connectivity index (χ1) is 8.99. The summed E-state index contributed by atoms with van der Waals surface area (Å²) >= 11 is 3.31. The zero-order valence-corrected chi connectivity index (χ0v) is 11.5. The van der Waals surface area contributed by atoms with E-state index in [1.54, 1.807) is 6.07 Å². The summed E-state index contributed by atoms with van der Waals surface area (Å²) in [6, 6.07) is 5.42. The van der Waals surface area contributed by atoms with E-state index in [9.17, 15) is 9.59 Å². The Balaban J connectivity index is 2.28. The van der Waals surface area contributed by atoms with Crippen LogP contribution in [0.4, 0.5) is 5.69 Å². The Morgan fingerprint density at radius 2 is 2.16 bits per heavy atom. The molecule has 6 nitrogen and oxygen atoms in total. The van der Waals surface area contributed by atoms with Gasteiger partial charge in [-0.15, -0.1) is 0 Å². The molecule has 0 saturated heterocycles. The summed E-state index contributed by atoms with van der Waals surface area (Å²) in [6.45, 7) is 1.84. The lowest BCUT2D eigenvalue weighted by molar-refractivity contribution is 0.0686. The average Bonchev–Trinajstić information content (AvgIpc) is 2.83. The van der Waals surface area contributed by atoms with Crippen molar-refractivity contribution in [2.45, 2.75) is 6.92 Å². The molecule has 7 heteroatoms.